The van der Waals surface area contributed by atoms with Gasteiger partial charge in [0.2, 0.25) is 15.9 Å². The monoisotopic (exact) mass is 414 g/mol. The van der Waals surface area contributed by atoms with E-state index >= 15 is 0 Å². The fraction of sp³-hybridized carbons (Fsp3) is 0.278. The third-order valence-electron chi connectivity index (χ3n) is 4.38. The van der Waals surface area contributed by atoms with E-state index in [4.69, 9.17) is 11.6 Å². The zero-order valence-electron chi connectivity index (χ0n) is 14.4. The van der Waals surface area contributed by atoms with Gasteiger partial charge >= 0.3 is 0 Å². The van der Waals surface area contributed by atoms with Gasteiger partial charge in [-0.3, -0.25) is 4.79 Å². The molecule has 0 saturated carbocycles. The summed E-state index contributed by atoms with van der Waals surface area (Å²) < 4.78 is 54.4. The molecule has 1 atom stereocenters. The van der Waals surface area contributed by atoms with Crippen LogP contribution in [0.3, 0.4) is 0 Å². The number of hydrogen-bond acceptors (Lipinski definition) is 3. The molecule has 5 nitrogen and oxygen atoms in total. The Morgan fingerprint density at radius 3 is 2.63 bits per heavy atom. The second-order valence-electron chi connectivity index (χ2n) is 6.34. The van der Waals surface area contributed by atoms with Crippen LogP contribution in [0.25, 0.3) is 0 Å². The van der Waals surface area contributed by atoms with Gasteiger partial charge in [-0.1, -0.05) is 17.7 Å². The highest BCUT2D eigenvalue weighted by Crippen LogP contribution is 2.25. The number of anilines is 1. The van der Waals surface area contributed by atoms with Gasteiger partial charge in [-0.15, -0.1) is 0 Å². The minimum Gasteiger partial charge on any atom is -0.311 e. The molecule has 1 N–H and O–H groups in total. The SMILES string of the molecule is Cc1cc(N2CCC(NS(=O)(=O)Cc3c(F)cccc3Cl)C2=O)ccc1F. The van der Waals surface area contributed by atoms with Crippen molar-refractivity contribution in [2.45, 2.75) is 25.1 Å². The minimum atomic E-state index is -4.00. The van der Waals surface area contributed by atoms with Gasteiger partial charge in [-0.2, -0.15) is 0 Å². The number of carbonyl (C=O) groups excluding carboxylic acids is 1. The number of nitrogens with one attached hydrogen (secondary N) is 1. The first kappa shape index (κ1) is 19.7. The first-order valence-electron chi connectivity index (χ1n) is 8.18. The van der Waals surface area contributed by atoms with Crippen LogP contribution in [-0.2, 0) is 20.6 Å². The molecule has 144 valence electrons. The summed E-state index contributed by atoms with van der Waals surface area (Å²) in [5.41, 5.74) is 0.736. The Morgan fingerprint density at radius 2 is 1.96 bits per heavy atom. The van der Waals surface area contributed by atoms with Crippen LogP contribution in [0.1, 0.15) is 17.5 Å². The summed E-state index contributed by atoms with van der Waals surface area (Å²) in [6.45, 7) is 1.87. The standard InChI is InChI=1S/C18H17ClF2N2O3S/c1-11-9-12(5-6-15(11)20)23-8-7-17(18(23)24)22-27(25,26)10-13-14(19)3-2-4-16(13)21/h2-6,9,17,22H,7-8,10H2,1H3. The highest BCUT2D eigenvalue weighted by Gasteiger charge is 2.35. The van der Waals surface area contributed by atoms with Crippen LogP contribution in [0, 0.1) is 18.6 Å². The molecule has 2 aromatic carbocycles. The number of aryl methyl sites for hydroxylation is 1. The summed E-state index contributed by atoms with van der Waals surface area (Å²) in [5.74, 6) is -2.22. The van der Waals surface area contributed by atoms with Gasteiger partial charge in [-0.25, -0.2) is 21.9 Å². The summed E-state index contributed by atoms with van der Waals surface area (Å²) in [5, 5.41) is 0.00142. The van der Waals surface area contributed by atoms with E-state index in [0.29, 0.717) is 11.3 Å². The van der Waals surface area contributed by atoms with Gasteiger partial charge in [0, 0.05) is 22.8 Å². The van der Waals surface area contributed by atoms with Gasteiger partial charge in [0.15, 0.2) is 0 Å². The van der Waals surface area contributed by atoms with Crippen LogP contribution in [0.4, 0.5) is 14.5 Å². The molecular weight excluding hydrogens is 398 g/mol. The van der Waals surface area contributed by atoms with Crippen LogP contribution in [0.5, 0.6) is 0 Å². The van der Waals surface area contributed by atoms with Crippen LogP contribution < -0.4 is 9.62 Å². The van der Waals surface area contributed by atoms with Gasteiger partial charge in [-0.05, 0) is 49.2 Å². The number of sulfonamides is 1. The van der Waals surface area contributed by atoms with Gasteiger partial charge in [0.25, 0.3) is 0 Å². The summed E-state index contributed by atoms with van der Waals surface area (Å²) in [4.78, 5) is 14.0. The Balaban J connectivity index is 1.74. The van der Waals surface area contributed by atoms with E-state index in [0.717, 1.165) is 6.07 Å². The Morgan fingerprint density at radius 1 is 1.22 bits per heavy atom. The van der Waals surface area contributed by atoms with E-state index in [1.807, 2.05) is 0 Å². The maximum atomic E-state index is 13.8. The topological polar surface area (TPSA) is 66.5 Å². The molecule has 1 unspecified atom stereocenters. The van der Waals surface area contributed by atoms with Crippen molar-refractivity contribution < 1.29 is 22.0 Å². The lowest BCUT2D eigenvalue weighted by molar-refractivity contribution is -0.118. The van der Waals surface area contributed by atoms with Gasteiger partial charge < -0.3 is 4.90 Å². The molecule has 1 aliphatic rings. The highest BCUT2D eigenvalue weighted by molar-refractivity contribution is 7.88. The molecule has 0 aromatic heterocycles. The molecular formula is C18H17ClF2N2O3S. The molecule has 0 aliphatic carbocycles. The number of nitrogens with zero attached hydrogens (tertiary/aromatic N) is 1. The normalized spacial score (nSPS) is 17.6. The lowest BCUT2D eigenvalue weighted by Gasteiger charge is -2.18. The van der Waals surface area contributed by atoms with Crippen LogP contribution in [0.15, 0.2) is 36.4 Å². The quantitative estimate of drug-likeness (QED) is 0.817. The van der Waals surface area contributed by atoms with Crippen LogP contribution in [0.2, 0.25) is 5.02 Å². The van der Waals surface area contributed by atoms with Crippen molar-refractivity contribution in [1.29, 1.82) is 0 Å². The van der Waals surface area contributed by atoms with Gasteiger partial charge in [0.05, 0.1) is 5.75 Å². The minimum absolute atomic E-state index is 0.00142. The Hall–Kier alpha value is -2.03. The van der Waals surface area contributed by atoms with Crippen molar-refractivity contribution >= 4 is 33.2 Å². The molecule has 1 heterocycles. The van der Waals surface area contributed by atoms with Crippen molar-refractivity contribution in [2.24, 2.45) is 0 Å². The number of halogens is 3. The summed E-state index contributed by atoms with van der Waals surface area (Å²) in [7, 11) is -4.00. The largest absolute Gasteiger partial charge is 0.311 e. The molecule has 1 fully saturated rings. The zero-order chi connectivity index (χ0) is 19.8. The molecule has 9 heteroatoms. The predicted molar refractivity (Wildman–Crippen MR) is 99.1 cm³/mol. The van der Waals surface area contributed by atoms with E-state index in [1.165, 1.54) is 35.2 Å². The fourth-order valence-electron chi connectivity index (χ4n) is 2.96. The van der Waals surface area contributed by atoms with Gasteiger partial charge in [0.1, 0.15) is 17.7 Å². The van der Waals surface area contributed by atoms with E-state index in [9.17, 15) is 22.0 Å². The third kappa shape index (κ3) is 4.28. The van der Waals surface area contributed by atoms with Crippen LogP contribution >= 0.6 is 11.6 Å². The first-order chi connectivity index (χ1) is 12.7. The van der Waals surface area contributed by atoms with Crippen molar-refractivity contribution in [3.05, 3.63) is 64.2 Å². The Labute approximate surface area is 161 Å². The molecule has 0 radical (unpaired) electrons. The lowest BCUT2D eigenvalue weighted by atomic mass is 10.2. The number of carbonyl (C=O) groups is 1. The number of amides is 1. The highest BCUT2D eigenvalue weighted by atomic mass is 35.5. The molecule has 0 bridgehead atoms. The van der Waals surface area contributed by atoms with Crippen molar-refractivity contribution in [3.8, 4) is 0 Å². The number of rotatable bonds is 5. The Kier molecular flexibility index (Phi) is 5.50. The number of benzene rings is 2. The average Bonchev–Trinajstić information content (AvgIpc) is 2.94. The van der Waals surface area contributed by atoms with E-state index in [2.05, 4.69) is 4.72 Å². The van der Waals surface area contributed by atoms with Crippen molar-refractivity contribution in [1.82, 2.24) is 4.72 Å². The molecule has 1 saturated heterocycles. The zero-order valence-corrected chi connectivity index (χ0v) is 15.9. The Bertz CT molecular complexity index is 978. The first-order valence-corrected chi connectivity index (χ1v) is 10.2. The summed E-state index contributed by atoms with van der Waals surface area (Å²) in [6.07, 6.45) is 0.249. The molecule has 1 amide bonds. The molecule has 27 heavy (non-hydrogen) atoms. The number of hydrogen-bond donors (Lipinski definition) is 1. The fourth-order valence-corrected chi connectivity index (χ4v) is 4.68. The molecule has 3 rings (SSSR count). The molecule has 1 aliphatic heterocycles. The van der Waals surface area contributed by atoms with Crippen molar-refractivity contribution in [3.63, 3.8) is 0 Å². The van der Waals surface area contributed by atoms with E-state index in [1.54, 1.807) is 6.92 Å². The maximum absolute atomic E-state index is 13.8. The van der Waals surface area contributed by atoms with Crippen molar-refractivity contribution in [2.75, 3.05) is 11.4 Å². The average molecular weight is 415 g/mol. The second-order valence-corrected chi connectivity index (χ2v) is 8.50. The third-order valence-corrected chi connectivity index (χ3v) is 6.04. The maximum Gasteiger partial charge on any atom is 0.245 e. The summed E-state index contributed by atoms with van der Waals surface area (Å²) in [6, 6.07) is 7.19. The molecule has 0 spiro atoms. The van der Waals surface area contributed by atoms with E-state index in [-0.39, 0.29) is 29.4 Å². The smallest absolute Gasteiger partial charge is 0.245 e. The molecule has 2 aromatic rings. The predicted octanol–water partition coefficient (Wildman–Crippen LogP) is 3.15. The second kappa shape index (κ2) is 7.53. The lowest BCUT2D eigenvalue weighted by Crippen LogP contribution is -2.42. The van der Waals surface area contributed by atoms with Crippen LogP contribution in [-0.4, -0.2) is 26.9 Å². The van der Waals surface area contributed by atoms with E-state index < -0.39 is 33.5 Å². The summed E-state index contributed by atoms with van der Waals surface area (Å²) >= 11 is 5.87.